The first-order valence-corrected chi connectivity index (χ1v) is 9.87. The second-order valence-corrected chi connectivity index (χ2v) is 7.72. The first-order valence-electron chi connectivity index (χ1n) is 8.61. The fourth-order valence-electron chi connectivity index (χ4n) is 2.42. The van der Waals surface area contributed by atoms with Crippen LogP contribution in [0.25, 0.3) is 5.69 Å². The Morgan fingerprint density at radius 2 is 1.86 bits per heavy atom. The lowest BCUT2D eigenvalue weighted by Crippen LogP contribution is -2.42. The van der Waals surface area contributed by atoms with Gasteiger partial charge in [0.15, 0.2) is 5.16 Å². The van der Waals surface area contributed by atoms with Gasteiger partial charge in [0.25, 0.3) is 0 Å². The lowest BCUT2D eigenvalue weighted by Gasteiger charge is -2.13. The van der Waals surface area contributed by atoms with E-state index in [0.29, 0.717) is 16.7 Å². The summed E-state index contributed by atoms with van der Waals surface area (Å²) in [6.45, 7) is 2.08. The van der Waals surface area contributed by atoms with Gasteiger partial charge in [-0.3, -0.25) is 14.7 Å². The molecule has 2 aromatic carbocycles. The Morgan fingerprint density at radius 3 is 2.57 bits per heavy atom. The number of carbonyl (C=O) groups is 2. The van der Waals surface area contributed by atoms with Crippen LogP contribution in [0.3, 0.4) is 0 Å². The molecule has 0 bridgehead atoms. The van der Waals surface area contributed by atoms with Crippen LogP contribution in [-0.4, -0.2) is 26.7 Å². The Hall–Kier alpha value is -2.77. The van der Waals surface area contributed by atoms with Crippen LogP contribution in [-0.2, 0) is 11.3 Å². The standard InChI is InChI=1S/C20H19ClN4O2S/c1-14(18(26)24-19(27)23-13-15-5-3-2-4-6-15)28-20-22-11-12-25(20)17-9-7-16(21)8-10-17/h2-12,14H,13H2,1H3,(H2,23,24,26,27)/t14-/m0/s1. The van der Waals surface area contributed by atoms with E-state index in [9.17, 15) is 9.59 Å². The van der Waals surface area contributed by atoms with Crippen LogP contribution in [0.15, 0.2) is 72.1 Å². The normalized spacial score (nSPS) is 11.6. The van der Waals surface area contributed by atoms with Crippen molar-refractivity contribution in [2.45, 2.75) is 23.9 Å². The fraction of sp³-hybridized carbons (Fsp3) is 0.150. The summed E-state index contributed by atoms with van der Waals surface area (Å²) < 4.78 is 1.86. The molecule has 3 aromatic rings. The third-order valence-corrected chi connectivity index (χ3v) is 5.23. The molecule has 0 saturated carbocycles. The zero-order valence-electron chi connectivity index (χ0n) is 15.1. The van der Waals surface area contributed by atoms with E-state index in [1.54, 1.807) is 25.3 Å². The number of thioether (sulfide) groups is 1. The lowest BCUT2D eigenvalue weighted by molar-refractivity contribution is -0.119. The number of hydrogen-bond donors (Lipinski definition) is 2. The van der Waals surface area contributed by atoms with Crippen LogP contribution in [0.2, 0.25) is 5.02 Å². The van der Waals surface area contributed by atoms with Crippen molar-refractivity contribution in [2.24, 2.45) is 0 Å². The molecule has 0 spiro atoms. The van der Waals surface area contributed by atoms with Crippen LogP contribution < -0.4 is 10.6 Å². The van der Waals surface area contributed by atoms with Crippen molar-refractivity contribution in [1.82, 2.24) is 20.2 Å². The number of urea groups is 1. The Balaban J connectivity index is 1.55. The number of nitrogens with zero attached hydrogens (tertiary/aromatic N) is 2. The molecular weight excluding hydrogens is 396 g/mol. The van der Waals surface area contributed by atoms with E-state index >= 15 is 0 Å². The molecule has 1 heterocycles. The molecule has 3 rings (SSSR count). The SMILES string of the molecule is C[C@H](Sc1nccn1-c1ccc(Cl)cc1)C(=O)NC(=O)NCc1ccccc1. The molecule has 0 aliphatic heterocycles. The molecule has 0 aliphatic rings. The third kappa shape index (κ3) is 5.37. The summed E-state index contributed by atoms with van der Waals surface area (Å²) in [7, 11) is 0. The fourth-order valence-corrected chi connectivity index (χ4v) is 3.43. The predicted octanol–water partition coefficient (Wildman–Crippen LogP) is 4.03. The highest BCUT2D eigenvalue weighted by molar-refractivity contribution is 8.00. The minimum atomic E-state index is -0.526. The van der Waals surface area contributed by atoms with Crippen LogP contribution in [0, 0.1) is 0 Å². The number of imide groups is 1. The molecule has 6 nitrogen and oxygen atoms in total. The molecule has 1 atom stereocenters. The molecule has 0 fully saturated rings. The molecule has 3 amide bonds. The molecular formula is C20H19ClN4O2S. The number of amides is 3. The number of nitrogens with one attached hydrogen (secondary N) is 2. The maximum atomic E-state index is 12.3. The van der Waals surface area contributed by atoms with Crippen molar-refractivity contribution in [1.29, 1.82) is 0 Å². The molecule has 0 aliphatic carbocycles. The number of carbonyl (C=O) groups excluding carboxylic acids is 2. The largest absolute Gasteiger partial charge is 0.334 e. The minimum absolute atomic E-state index is 0.350. The van der Waals surface area contributed by atoms with E-state index in [0.717, 1.165) is 11.3 Å². The molecule has 0 saturated heterocycles. The molecule has 144 valence electrons. The number of benzene rings is 2. The summed E-state index contributed by atoms with van der Waals surface area (Å²) >= 11 is 7.20. The highest BCUT2D eigenvalue weighted by Crippen LogP contribution is 2.25. The van der Waals surface area contributed by atoms with Gasteiger partial charge < -0.3 is 5.32 Å². The number of hydrogen-bond acceptors (Lipinski definition) is 4. The second-order valence-electron chi connectivity index (χ2n) is 5.97. The summed E-state index contributed by atoms with van der Waals surface area (Å²) in [5.74, 6) is -0.388. The topological polar surface area (TPSA) is 76.0 Å². The average molecular weight is 415 g/mol. The van der Waals surface area contributed by atoms with Crippen LogP contribution in [0.1, 0.15) is 12.5 Å². The van der Waals surface area contributed by atoms with Crippen molar-refractivity contribution < 1.29 is 9.59 Å². The number of aromatic nitrogens is 2. The summed E-state index contributed by atoms with van der Waals surface area (Å²) in [6.07, 6.45) is 3.47. The highest BCUT2D eigenvalue weighted by Gasteiger charge is 2.19. The van der Waals surface area contributed by atoms with Crippen LogP contribution in [0.5, 0.6) is 0 Å². The van der Waals surface area contributed by atoms with Gasteiger partial charge in [-0.1, -0.05) is 53.7 Å². The first-order chi connectivity index (χ1) is 13.5. The number of rotatable bonds is 6. The van der Waals surface area contributed by atoms with Crippen LogP contribution in [0.4, 0.5) is 4.79 Å². The van der Waals surface area contributed by atoms with Gasteiger partial charge in [-0.05, 0) is 36.8 Å². The summed E-state index contributed by atoms with van der Waals surface area (Å²) in [4.78, 5) is 28.6. The van der Waals surface area contributed by atoms with E-state index < -0.39 is 11.3 Å². The third-order valence-electron chi connectivity index (χ3n) is 3.90. The monoisotopic (exact) mass is 414 g/mol. The van der Waals surface area contributed by atoms with Gasteiger partial charge in [0, 0.05) is 29.6 Å². The minimum Gasteiger partial charge on any atom is -0.334 e. The van der Waals surface area contributed by atoms with E-state index in [2.05, 4.69) is 15.6 Å². The molecule has 28 heavy (non-hydrogen) atoms. The first kappa shape index (κ1) is 20.0. The zero-order valence-corrected chi connectivity index (χ0v) is 16.7. The van der Waals surface area contributed by atoms with Crippen molar-refractivity contribution in [3.05, 3.63) is 77.6 Å². The smallest absolute Gasteiger partial charge is 0.321 e. The Labute approximate surface area is 172 Å². The summed E-state index contributed by atoms with van der Waals surface area (Å²) in [5, 5.41) is 5.83. The summed E-state index contributed by atoms with van der Waals surface area (Å²) in [5.41, 5.74) is 1.84. The van der Waals surface area contributed by atoms with Crippen molar-refractivity contribution in [2.75, 3.05) is 0 Å². The lowest BCUT2D eigenvalue weighted by atomic mass is 10.2. The van der Waals surface area contributed by atoms with Gasteiger partial charge in [-0.2, -0.15) is 0 Å². The van der Waals surface area contributed by atoms with E-state index in [4.69, 9.17) is 11.6 Å². The molecule has 2 N–H and O–H groups in total. The van der Waals surface area contributed by atoms with Crippen molar-refractivity contribution >= 4 is 35.3 Å². The maximum absolute atomic E-state index is 12.3. The van der Waals surface area contributed by atoms with E-state index in [1.807, 2.05) is 53.2 Å². The molecule has 1 aromatic heterocycles. The predicted molar refractivity (Wildman–Crippen MR) is 111 cm³/mol. The maximum Gasteiger partial charge on any atom is 0.321 e. The van der Waals surface area contributed by atoms with Gasteiger partial charge in [0.2, 0.25) is 5.91 Å². The Bertz CT molecular complexity index is 944. The van der Waals surface area contributed by atoms with Gasteiger partial charge in [-0.15, -0.1) is 0 Å². The number of halogens is 1. The van der Waals surface area contributed by atoms with Crippen molar-refractivity contribution in [3.8, 4) is 5.69 Å². The number of imidazole rings is 1. The van der Waals surface area contributed by atoms with Crippen LogP contribution >= 0.6 is 23.4 Å². The zero-order chi connectivity index (χ0) is 19.9. The van der Waals surface area contributed by atoms with Gasteiger partial charge in [0.1, 0.15) is 0 Å². The molecule has 8 heteroatoms. The Kier molecular flexibility index (Phi) is 6.73. The Morgan fingerprint density at radius 1 is 1.14 bits per heavy atom. The van der Waals surface area contributed by atoms with E-state index in [1.165, 1.54) is 11.8 Å². The summed E-state index contributed by atoms with van der Waals surface area (Å²) in [6, 6.07) is 16.3. The quantitative estimate of drug-likeness (QED) is 0.597. The molecule has 0 radical (unpaired) electrons. The van der Waals surface area contributed by atoms with Gasteiger partial charge >= 0.3 is 6.03 Å². The van der Waals surface area contributed by atoms with Crippen molar-refractivity contribution in [3.63, 3.8) is 0 Å². The average Bonchev–Trinajstić information content (AvgIpc) is 3.16. The van der Waals surface area contributed by atoms with Gasteiger partial charge in [-0.25, -0.2) is 9.78 Å². The molecule has 0 unspecified atom stereocenters. The van der Waals surface area contributed by atoms with E-state index in [-0.39, 0.29) is 5.91 Å². The highest BCUT2D eigenvalue weighted by atomic mass is 35.5. The second kappa shape index (κ2) is 9.43. The van der Waals surface area contributed by atoms with Gasteiger partial charge in [0.05, 0.1) is 5.25 Å².